The number of hydrogen-bond acceptors (Lipinski definition) is 5. The highest BCUT2D eigenvalue weighted by Crippen LogP contribution is 2.51. The minimum atomic E-state index is -3.51. The van der Waals surface area contributed by atoms with E-state index in [9.17, 15) is 4.57 Å². The van der Waals surface area contributed by atoms with Crippen molar-refractivity contribution in [3.8, 4) is 11.5 Å². The molecule has 2 aromatic heterocycles. The first kappa shape index (κ1) is 15.9. The SMILES string of the molecule is CCOP(=O)(OCC)c1c(-c2ccccn2)oc2ccccc12. The molecule has 0 atom stereocenters. The summed E-state index contributed by atoms with van der Waals surface area (Å²) in [5.41, 5.74) is 1.22. The van der Waals surface area contributed by atoms with E-state index in [-0.39, 0.29) is 13.2 Å². The van der Waals surface area contributed by atoms with Crippen molar-refractivity contribution in [1.82, 2.24) is 4.98 Å². The highest BCUT2D eigenvalue weighted by molar-refractivity contribution is 7.63. The number of rotatable bonds is 6. The molecule has 0 spiro atoms. The van der Waals surface area contributed by atoms with E-state index in [2.05, 4.69) is 4.98 Å². The quantitative estimate of drug-likeness (QED) is 0.627. The van der Waals surface area contributed by atoms with Crippen molar-refractivity contribution < 1.29 is 18.0 Å². The molecule has 120 valence electrons. The summed E-state index contributed by atoms with van der Waals surface area (Å²) in [7, 11) is -3.51. The van der Waals surface area contributed by atoms with E-state index in [0.717, 1.165) is 5.39 Å². The highest BCUT2D eigenvalue weighted by Gasteiger charge is 2.35. The molecular weight excluding hydrogens is 313 g/mol. The molecule has 0 radical (unpaired) electrons. The molecule has 23 heavy (non-hydrogen) atoms. The van der Waals surface area contributed by atoms with Gasteiger partial charge >= 0.3 is 7.60 Å². The maximum absolute atomic E-state index is 13.4. The first-order chi connectivity index (χ1) is 11.2. The van der Waals surface area contributed by atoms with Gasteiger partial charge in [-0.15, -0.1) is 0 Å². The highest BCUT2D eigenvalue weighted by atomic mass is 31.2. The fraction of sp³-hybridized carbons (Fsp3) is 0.235. The molecule has 2 heterocycles. The average molecular weight is 331 g/mol. The molecule has 6 heteroatoms. The molecule has 0 saturated heterocycles. The Kier molecular flexibility index (Phi) is 4.62. The first-order valence-corrected chi connectivity index (χ1v) is 9.06. The summed E-state index contributed by atoms with van der Waals surface area (Å²) in [5, 5.41) is 1.16. The van der Waals surface area contributed by atoms with Crippen molar-refractivity contribution in [1.29, 1.82) is 0 Å². The molecule has 3 rings (SSSR count). The lowest BCUT2D eigenvalue weighted by Crippen LogP contribution is -2.12. The number of fused-ring (bicyclic) bond motifs is 1. The van der Waals surface area contributed by atoms with E-state index in [0.29, 0.717) is 22.3 Å². The van der Waals surface area contributed by atoms with E-state index in [1.165, 1.54) is 0 Å². The van der Waals surface area contributed by atoms with E-state index in [4.69, 9.17) is 13.5 Å². The van der Waals surface area contributed by atoms with Crippen LogP contribution in [0.3, 0.4) is 0 Å². The van der Waals surface area contributed by atoms with Crippen molar-refractivity contribution in [3.63, 3.8) is 0 Å². The van der Waals surface area contributed by atoms with Crippen LogP contribution in [0.25, 0.3) is 22.4 Å². The van der Waals surface area contributed by atoms with Crippen molar-refractivity contribution in [2.75, 3.05) is 13.2 Å². The van der Waals surface area contributed by atoms with Gasteiger partial charge in [-0.1, -0.05) is 24.3 Å². The van der Waals surface area contributed by atoms with Gasteiger partial charge in [0.2, 0.25) is 0 Å². The van der Waals surface area contributed by atoms with Crippen LogP contribution in [0.4, 0.5) is 0 Å². The Labute approximate surface area is 134 Å². The van der Waals surface area contributed by atoms with Crippen LogP contribution in [-0.4, -0.2) is 18.2 Å². The fourth-order valence-electron chi connectivity index (χ4n) is 2.48. The third kappa shape index (κ3) is 2.95. The van der Waals surface area contributed by atoms with Crippen LogP contribution in [0.15, 0.2) is 53.1 Å². The Morgan fingerprint density at radius 1 is 1.04 bits per heavy atom. The standard InChI is InChI=1S/C17H18NO4P/c1-3-20-23(19,21-4-2)17-13-9-5-6-11-15(13)22-16(17)14-10-7-8-12-18-14/h5-12H,3-4H2,1-2H3. The summed E-state index contributed by atoms with van der Waals surface area (Å²) in [6.45, 7) is 4.12. The summed E-state index contributed by atoms with van der Waals surface area (Å²) < 4.78 is 30.3. The summed E-state index contributed by atoms with van der Waals surface area (Å²) in [5.74, 6) is 0.428. The predicted molar refractivity (Wildman–Crippen MR) is 89.9 cm³/mol. The molecule has 5 nitrogen and oxygen atoms in total. The monoisotopic (exact) mass is 331 g/mol. The molecule has 0 fully saturated rings. The Morgan fingerprint density at radius 2 is 1.74 bits per heavy atom. The summed E-state index contributed by atoms with van der Waals surface area (Å²) in [6, 6.07) is 12.9. The molecular formula is C17H18NO4P. The number of benzene rings is 1. The normalized spacial score (nSPS) is 11.9. The van der Waals surface area contributed by atoms with Gasteiger partial charge < -0.3 is 13.5 Å². The maximum Gasteiger partial charge on any atom is 0.365 e. The zero-order chi connectivity index (χ0) is 16.3. The molecule has 0 amide bonds. The zero-order valence-corrected chi connectivity index (χ0v) is 14.0. The van der Waals surface area contributed by atoms with E-state index < -0.39 is 7.60 Å². The Morgan fingerprint density at radius 3 is 2.39 bits per heavy atom. The first-order valence-electron chi connectivity index (χ1n) is 7.52. The number of furan rings is 1. The fourth-order valence-corrected chi connectivity index (χ4v) is 4.38. The van der Waals surface area contributed by atoms with Crippen LogP contribution >= 0.6 is 7.60 Å². The lowest BCUT2D eigenvalue weighted by Gasteiger charge is -2.17. The third-order valence-electron chi connectivity index (χ3n) is 3.34. The molecule has 0 aliphatic heterocycles. The number of para-hydroxylation sites is 1. The molecule has 0 bridgehead atoms. The summed E-state index contributed by atoms with van der Waals surface area (Å²) >= 11 is 0. The van der Waals surface area contributed by atoms with Gasteiger partial charge in [0.15, 0.2) is 5.76 Å². The smallest absolute Gasteiger partial charge is 0.365 e. The van der Waals surface area contributed by atoms with Gasteiger partial charge in [-0.25, -0.2) is 0 Å². The largest absolute Gasteiger partial charge is 0.453 e. The van der Waals surface area contributed by atoms with Gasteiger partial charge in [0.25, 0.3) is 0 Å². The number of aromatic nitrogens is 1. The van der Waals surface area contributed by atoms with Crippen LogP contribution in [0, 0.1) is 0 Å². The van der Waals surface area contributed by atoms with Gasteiger partial charge in [0, 0.05) is 11.6 Å². The molecule has 0 aliphatic carbocycles. The second-order valence-electron chi connectivity index (χ2n) is 4.82. The van der Waals surface area contributed by atoms with Crippen LogP contribution in [0.1, 0.15) is 13.8 Å². The lowest BCUT2D eigenvalue weighted by atomic mass is 10.2. The van der Waals surface area contributed by atoms with Crippen molar-refractivity contribution in [2.24, 2.45) is 0 Å². The van der Waals surface area contributed by atoms with Crippen LogP contribution in [0.2, 0.25) is 0 Å². The Balaban J connectivity index is 2.31. The predicted octanol–water partition coefficient (Wildman–Crippen LogP) is 4.39. The molecule has 0 N–H and O–H groups in total. The Bertz CT molecular complexity index is 834. The van der Waals surface area contributed by atoms with Gasteiger partial charge in [0.05, 0.1) is 13.2 Å². The topological polar surface area (TPSA) is 61.6 Å². The Hall–Kier alpha value is -1.94. The van der Waals surface area contributed by atoms with Gasteiger partial charge in [0.1, 0.15) is 16.6 Å². The number of hydrogen-bond donors (Lipinski definition) is 0. The lowest BCUT2D eigenvalue weighted by molar-refractivity contribution is 0.230. The van der Waals surface area contributed by atoms with Crippen LogP contribution in [0.5, 0.6) is 0 Å². The minimum Gasteiger partial charge on any atom is -0.453 e. The molecule has 1 aromatic carbocycles. The van der Waals surface area contributed by atoms with Crippen LogP contribution in [-0.2, 0) is 13.6 Å². The molecule has 3 aromatic rings. The third-order valence-corrected chi connectivity index (χ3v) is 5.53. The maximum atomic E-state index is 13.4. The van der Waals surface area contributed by atoms with Crippen molar-refractivity contribution in [3.05, 3.63) is 48.7 Å². The molecule has 0 saturated carbocycles. The average Bonchev–Trinajstić information content (AvgIpc) is 2.96. The second kappa shape index (κ2) is 6.67. The minimum absolute atomic E-state index is 0.276. The van der Waals surface area contributed by atoms with Crippen LogP contribution < -0.4 is 5.30 Å². The number of nitrogens with zero attached hydrogens (tertiary/aromatic N) is 1. The zero-order valence-electron chi connectivity index (χ0n) is 13.1. The summed E-state index contributed by atoms with van der Waals surface area (Å²) in [4.78, 5) is 4.31. The number of pyridine rings is 1. The van der Waals surface area contributed by atoms with Gasteiger partial charge in [-0.3, -0.25) is 9.55 Å². The van der Waals surface area contributed by atoms with Crippen molar-refractivity contribution in [2.45, 2.75) is 13.8 Å². The van der Waals surface area contributed by atoms with Gasteiger partial charge in [-0.05, 0) is 32.0 Å². The van der Waals surface area contributed by atoms with E-state index in [1.807, 2.05) is 42.5 Å². The van der Waals surface area contributed by atoms with Crippen molar-refractivity contribution >= 4 is 23.9 Å². The van der Waals surface area contributed by atoms with E-state index in [1.54, 1.807) is 20.0 Å². The van der Waals surface area contributed by atoms with Gasteiger partial charge in [-0.2, -0.15) is 0 Å². The summed E-state index contributed by atoms with van der Waals surface area (Å²) in [6.07, 6.45) is 1.67. The molecule has 0 aliphatic rings. The van der Waals surface area contributed by atoms with E-state index >= 15 is 0 Å². The second-order valence-corrected chi connectivity index (χ2v) is 6.78. The molecule has 0 unspecified atom stereocenters.